The quantitative estimate of drug-likeness (QED) is 0.450. The van der Waals surface area contributed by atoms with Gasteiger partial charge in [-0.15, -0.1) is 6.58 Å². The number of fused-ring (bicyclic) bond motifs is 2. The van der Waals surface area contributed by atoms with Crippen molar-refractivity contribution in [3.63, 3.8) is 0 Å². The summed E-state index contributed by atoms with van der Waals surface area (Å²) in [5.41, 5.74) is -0.328. The molecule has 0 radical (unpaired) electrons. The molecule has 18 heavy (non-hydrogen) atoms. The Hall–Kier alpha value is -0.300. The Labute approximate surface area is 118 Å². The summed E-state index contributed by atoms with van der Waals surface area (Å²) in [4.78, 5) is 0. The summed E-state index contributed by atoms with van der Waals surface area (Å²) in [5, 5.41) is 0.683. The summed E-state index contributed by atoms with van der Waals surface area (Å²) >= 11 is 3.37. The summed E-state index contributed by atoms with van der Waals surface area (Å²) in [5.74, 6) is 6.11. The molecule has 2 bridgehead atoms. The van der Waals surface area contributed by atoms with Crippen molar-refractivity contribution in [2.45, 2.75) is 50.4 Å². The fourth-order valence-corrected chi connectivity index (χ4v) is 3.44. The Balaban J connectivity index is 2.37. The van der Waals surface area contributed by atoms with Gasteiger partial charge in [-0.25, -0.2) is 0 Å². The maximum atomic E-state index is 6.33. The van der Waals surface area contributed by atoms with Crippen LogP contribution in [0.4, 0.5) is 0 Å². The van der Waals surface area contributed by atoms with Crippen molar-refractivity contribution < 1.29 is 9.47 Å². The third kappa shape index (κ3) is 2.05. The smallest absolute Gasteiger partial charge is 0.170 e. The van der Waals surface area contributed by atoms with Gasteiger partial charge in [0.1, 0.15) is 5.60 Å². The lowest BCUT2D eigenvalue weighted by atomic mass is 9.67. The van der Waals surface area contributed by atoms with E-state index in [1.54, 1.807) is 7.11 Å². The average molecular weight is 313 g/mol. The SMILES string of the molecule is C=CCC1(C)CC[C@]2(OC)CC[C@@]1(C#CCBr)O2. The first kappa shape index (κ1) is 14.1. The second-order valence-electron chi connectivity index (χ2n) is 5.53. The van der Waals surface area contributed by atoms with Crippen molar-refractivity contribution >= 4 is 15.9 Å². The highest BCUT2D eigenvalue weighted by atomic mass is 79.9. The zero-order valence-corrected chi connectivity index (χ0v) is 12.8. The van der Waals surface area contributed by atoms with Gasteiger partial charge < -0.3 is 9.47 Å². The average Bonchev–Trinajstić information content (AvgIpc) is 2.72. The van der Waals surface area contributed by atoms with Gasteiger partial charge in [0.05, 0.1) is 5.33 Å². The van der Waals surface area contributed by atoms with Crippen LogP contribution in [0.1, 0.15) is 39.0 Å². The van der Waals surface area contributed by atoms with E-state index < -0.39 is 5.79 Å². The van der Waals surface area contributed by atoms with Crippen LogP contribution >= 0.6 is 15.9 Å². The van der Waals surface area contributed by atoms with Crippen molar-refractivity contribution in [2.24, 2.45) is 5.41 Å². The van der Waals surface area contributed by atoms with E-state index in [1.807, 2.05) is 6.08 Å². The molecule has 0 aromatic carbocycles. The maximum Gasteiger partial charge on any atom is 0.170 e. The predicted octanol–water partition coefficient (Wildman–Crippen LogP) is 3.65. The molecule has 0 spiro atoms. The molecule has 3 heteroatoms. The van der Waals surface area contributed by atoms with Gasteiger partial charge >= 0.3 is 0 Å². The van der Waals surface area contributed by atoms with Crippen LogP contribution in [-0.2, 0) is 9.47 Å². The lowest BCUT2D eigenvalue weighted by Crippen LogP contribution is -2.52. The standard InChI is InChI=1S/C15H21BrO2/c1-4-6-13(2)8-10-15(17-3)11-9-14(13,18-15)7-5-12-16/h4H,1,6,8-12H2,2-3H3/t13?,14-,15-/m1/s1. The minimum Gasteiger partial charge on any atom is -0.353 e. The van der Waals surface area contributed by atoms with Crippen molar-refractivity contribution in [1.29, 1.82) is 0 Å². The van der Waals surface area contributed by atoms with Gasteiger partial charge in [0.25, 0.3) is 0 Å². The van der Waals surface area contributed by atoms with E-state index in [4.69, 9.17) is 9.47 Å². The number of hydrogen-bond donors (Lipinski definition) is 0. The molecule has 0 N–H and O–H groups in total. The number of rotatable bonds is 3. The van der Waals surface area contributed by atoms with Crippen LogP contribution in [-0.4, -0.2) is 23.8 Å². The first-order valence-corrected chi connectivity index (χ1v) is 7.60. The monoisotopic (exact) mass is 312 g/mol. The molecule has 3 atom stereocenters. The number of alkyl halides is 1. The molecule has 2 saturated heterocycles. The summed E-state index contributed by atoms with van der Waals surface area (Å²) < 4.78 is 11.9. The lowest BCUT2D eigenvalue weighted by molar-refractivity contribution is -0.279. The first-order valence-electron chi connectivity index (χ1n) is 6.48. The van der Waals surface area contributed by atoms with Gasteiger partial charge in [0, 0.05) is 25.4 Å². The number of hydrogen-bond acceptors (Lipinski definition) is 2. The summed E-state index contributed by atoms with van der Waals surface area (Å²) in [6, 6.07) is 0. The maximum absolute atomic E-state index is 6.33. The third-order valence-corrected chi connectivity index (χ3v) is 4.86. The van der Waals surface area contributed by atoms with Crippen molar-refractivity contribution in [3.05, 3.63) is 12.7 Å². The lowest BCUT2D eigenvalue weighted by Gasteiger charge is -2.49. The van der Waals surface area contributed by atoms with Crippen LogP contribution in [0.5, 0.6) is 0 Å². The van der Waals surface area contributed by atoms with E-state index >= 15 is 0 Å². The second-order valence-corrected chi connectivity index (χ2v) is 6.09. The van der Waals surface area contributed by atoms with Crippen LogP contribution in [0.15, 0.2) is 12.7 Å². The number of halogens is 1. The van der Waals surface area contributed by atoms with Crippen LogP contribution in [0.2, 0.25) is 0 Å². The van der Waals surface area contributed by atoms with Crippen LogP contribution in [0.25, 0.3) is 0 Å². The number of methoxy groups -OCH3 is 1. The van der Waals surface area contributed by atoms with Crippen molar-refractivity contribution in [2.75, 3.05) is 12.4 Å². The van der Waals surface area contributed by atoms with Crippen molar-refractivity contribution in [3.8, 4) is 11.8 Å². The molecule has 0 saturated carbocycles. The molecule has 2 fully saturated rings. The molecular formula is C15H21BrO2. The summed E-state index contributed by atoms with van der Waals surface area (Å²) in [6.45, 7) is 6.15. The normalized spacial score (nSPS) is 42.2. The molecule has 0 aromatic rings. The van der Waals surface area contributed by atoms with Crippen LogP contribution in [0, 0.1) is 17.3 Å². The Bertz CT molecular complexity index is 397. The summed E-state index contributed by atoms with van der Waals surface area (Å²) in [7, 11) is 1.74. The fraction of sp³-hybridized carbons (Fsp3) is 0.733. The Morgan fingerprint density at radius 2 is 2.11 bits per heavy atom. The van der Waals surface area contributed by atoms with Crippen molar-refractivity contribution in [1.82, 2.24) is 0 Å². The van der Waals surface area contributed by atoms with E-state index in [9.17, 15) is 0 Å². The molecular weight excluding hydrogens is 292 g/mol. The highest BCUT2D eigenvalue weighted by Crippen LogP contribution is 2.58. The van der Waals surface area contributed by atoms with Crippen LogP contribution in [0.3, 0.4) is 0 Å². The Morgan fingerprint density at radius 3 is 2.72 bits per heavy atom. The summed E-state index contributed by atoms with van der Waals surface area (Å²) in [6.07, 6.45) is 6.83. The van der Waals surface area contributed by atoms with Gasteiger partial charge in [-0.3, -0.25) is 0 Å². The second kappa shape index (κ2) is 5.00. The number of ether oxygens (including phenoxy) is 2. The Kier molecular flexibility index (Phi) is 3.92. The van der Waals surface area contributed by atoms with E-state index in [2.05, 4.69) is 41.3 Å². The number of allylic oxidation sites excluding steroid dienone is 1. The largest absolute Gasteiger partial charge is 0.353 e. The molecule has 2 rings (SSSR count). The minimum absolute atomic E-state index is 0.0441. The molecule has 0 aromatic heterocycles. The van der Waals surface area contributed by atoms with E-state index in [1.165, 1.54) is 0 Å². The van der Waals surface area contributed by atoms with Gasteiger partial charge in [0.15, 0.2) is 5.79 Å². The molecule has 2 heterocycles. The first-order chi connectivity index (χ1) is 8.55. The predicted molar refractivity (Wildman–Crippen MR) is 76.5 cm³/mol. The van der Waals surface area contributed by atoms with Gasteiger partial charge in [-0.05, 0) is 19.3 Å². The van der Waals surface area contributed by atoms with Crippen LogP contribution < -0.4 is 0 Å². The van der Waals surface area contributed by atoms with E-state index in [0.29, 0.717) is 5.33 Å². The molecule has 2 aliphatic heterocycles. The molecule has 100 valence electrons. The highest BCUT2D eigenvalue weighted by molar-refractivity contribution is 9.09. The zero-order valence-electron chi connectivity index (χ0n) is 11.2. The highest BCUT2D eigenvalue weighted by Gasteiger charge is 2.61. The molecule has 0 aliphatic carbocycles. The van der Waals surface area contributed by atoms with E-state index in [-0.39, 0.29) is 11.0 Å². The topological polar surface area (TPSA) is 18.5 Å². The van der Waals surface area contributed by atoms with E-state index in [0.717, 1.165) is 32.1 Å². The molecule has 0 amide bonds. The van der Waals surface area contributed by atoms with Gasteiger partial charge in [-0.1, -0.05) is 40.8 Å². The van der Waals surface area contributed by atoms with Gasteiger partial charge in [0.2, 0.25) is 0 Å². The zero-order chi connectivity index (χ0) is 13.3. The Morgan fingerprint density at radius 1 is 1.39 bits per heavy atom. The third-order valence-electron chi connectivity index (χ3n) is 4.57. The minimum atomic E-state index is -0.401. The molecule has 1 unspecified atom stereocenters. The molecule has 2 aliphatic rings. The molecule has 2 nitrogen and oxygen atoms in total. The fourth-order valence-electron chi connectivity index (χ4n) is 3.30. The van der Waals surface area contributed by atoms with Gasteiger partial charge in [-0.2, -0.15) is 0 Å².